The molecule has 0 aromatic carbocycles. The molecule has 19 heavy (non-hydrogen) atoms. The summed E-state index contributed by atoms with van der Waals surface area (Å²) in [5.74, 6) is 0.170. The van der Waals surface area contributed by atoms with Crippen LogP contribution in [-0.2, 0) is 9.59 Å². The molecule has 0 radical (unpaired) electrons. The molecule has 2 unspecified atom stereocenters. The first-order valence-corrected chi connectivity index (χ1v) is 6.87. The molecule has 106 valence electrons. The average Bonchev–Trinajstić information content (AvgIpc) is 2.64. The molecule has 3 heterocycles. The highest BCUT2D eigenvalue weighted by molar-refractivity contribution is 5.76. The van der Waals surface area contributed by atoms with Crippen LogP contribution in [0.4, 0.5) is 0 Å². The van der Waals surface area contributed by atoms with Crippen molar-refractivity contribution in [2.75, 3.05) is 32.7 Å². The Labute approximate surface area is 112 Å². The monoisotopic (exact) mass is 267 g/mol. The number of nitrogens with zero attached hydrogens (tertiary/aromatic N) is 3. The molecule has 0 bridgehead atoms. The Bertz CT molecular complexity index is 419. The van der Waals surface area contributed by atoms with E-state index in [1.54, 1.807) is 13.8 Å². The van der Waals surface area contributed by atoms with Gasteiger partial charge in [-0.1, -0.05) is 0 Å². The van der Waals surface area contributed by atoms with E-state index >= 15 is 0 Å². The highest BCUT2D eigenvalue weighted by Gasteiger charge is 2.57. The predicted octanol–water partition coefficient (Wildman–Crippen LogP) is -1.12. The molecule has 3 fully saturated rings. The second-order valence-corrected chi connectivity index (χ2v) is 6.19. The summed E-state index contributed by atoms with van der Waals surface area (Å²) in [5.41, 5.74) is -0.127. The van der Waals surface area contributed by atoms with Crippen molar-refractivity contribution in [2.45, 2.75) is 38.0 Å². The van der Waals surface area contributed by atoms with Crippen molar-refractivity contribution in [1.29, 1.82) is 0 Å². The summed E-state index contributed by atoms with van der Waals surface area (Å²) in [6.45, 7) is 6.57. The number of likely N-dealkylation sites (tertiary alicyclic amines) is 1. The van der Waals surface area contributed by atoms with Gasteiger partial charge in [0.05, 0.1) is 11.6 Å². The molecule has 3 rings (SSSR count). The van der Waals surface area contributed by atoms with E-state index in [-0.39, 0.29) is 29.5 Å². The van der Waals surface area contributed by atoms with Gasteiger partial charge in [0.1, 0.15) is 0 Å². The molecule has 2 amide bonds. The number of aliphatic hydroxyl groups is 1. The first-order valence-electron chi connectivity index (χ1n) is 6.87. The maximum Gasteiger partial charge on any atom is 0.219 e. The van der Waals surface area contributed by atoms with Gasteiger partial charge in [0.2, 0.25) is 11.8 Å². The van der Waals surface area contributed by atoms with Gasteiger partial charge in [-0.3, -0.25) is 14.5 Å². The summed E-state index contributed by atoms with van der Waals surface area (Å²) in [6, 6.07) is 0.238. The molecule has 0 aliphatic carbocycles. The van der Waals surface area contributed by atoms with Crippen LogP contribution in [0.5, 0.6) is 0 Å². The standard InChI is InChI=1S/C13H21N3O3/c1-9(17)14-4-11-3-12(19)5-16(11)13(6-14)7-15(8-13)10(2)18/h11-12,19H,3-8H2,1-2H3. The molecule has 2 atom stereocenters. The minimum atomic E-state index is -0.305. The van der Waals surface area contributed by atoms with Gasteiger partial charge in [0.25, 0.3) is 0 Å². The van der Waals surface area contributed by atoms with Crippen LogP contribution >= 0.6 is 0 Å². The van der Waals surface area contributed by atoms with E-state index in [2.05, 4.69) is 4.90 Å². The zero-order chi connectivity index (χ0) is 13.8. The zero-order valence-corrected chi connectivity index (χ0v) is 11.5. The van der Waals surface area contributed by atoms with Crippen molar-refractivity contribution >= 4 is 11.8 Å². The Balaban J connectivity index is 1.81. The zero-order valence-electron chi connectivity index (χ0n) is 11.5. The number of amides is 2. The van der Waals surface area contributed by atoms with Crippen molar-refractivity contribution in [2.24, 2.45) is 0 Å². The molecule has 6 heteroatoms. The van der Waals surface area contributed by atoms with Gasteiger partial charge in [-0.15, -0.1) is 0 Å². The number of β-amino-alcohol motifs (C(OH)–C–C–N with tert-alkyl or cyclic N) is 1. The fourth-order valence-corrected chi connectivity index (χ4v) is 3.82. The molecule has 0 aromatic heterocycles. The summed E-state index contributed by atoms with van der Waals surface area (Å²) in [5, 5.41) is 9.89. The SMILES string of the molecule is CC(=O)N1CC2CC(O)CN2C2(C1)CN(C(C)=O)C2. The van der Waals surface area contributed by atoms with Gasteiger partial charge < -0.3 is 14.9 Å². The number of aliphatic hydroxyl groups excluding tert-OH is 1. The number of fused-ring (bicyclic) bond motifs is 2. The van der Waals surface area contributed by atoms with Gasteiger partial charge in [-0.05, 0) is 6.42 Å². The number of carbonyl (C=O) groups excluding carboxylic acids is 2. The third-order valence-corrected chi connectivity index (χ3v) is 4.78. The topological polar surface area (TPSA) is 64.1 Å². The lowest BCUT2D eigenvalue weighted by atomic mass is 9.83. The normalized spacial score (nSPS) is 33.2. The molecule has 3 aliphatic rings. The molecule has 0 saturated carbocycles. The summed E-state index contributed by atoms with van der Waals surface area (Å²) in [7, 11) is 0. The van der Waals surface area contributed by atoms with Crippen molar-refractivity contribution in [1.82, 2.24) is 14.7 Å². The lowest BCUT2D eigenvalue weighted by Crippen LogP contribution is -2.78. The Hall–Kier alpha value is -1.14. The fourth-order valence-electron chi connectivity index (χ4n) is 3.82. The fraction of sp³-hybridized carbons (Fsp3) is 0.846. The van der Waals surface area contributed by atoms with E-state index in [9.17, 15) is 14.7 Å². The van der Waals surface area contributed by atoms with Gasteiger partial charge in [-0.25, -0.2) is 0 Å². The molecular weight excluding hydrogens is 246 g/mol. The van der Waals surface area contributed by atoms with Crippen molar-refractivity contribution in [3.63, 3.8) is 0 Å². The highest BCUT2D eigenvalue weighted by atomic mass is 16.3. The lowest BCUT2D eigenvalue weighted by molar-refractivity contribution is -0.159. The van der Waals surface area contributed by atoms with Crippen LogP contribution in [0.1, 0.15) is 20.3 Å². The minimum absolute atomic E-state index is 0.0849. The largest absolute Gasteiger partial charge is 0.392 e. The summed E-state index contributed by atoms with van der Waals surface area (Å²) in [6.07, 6.45) is 0.422. The van der Waals surface area contributed by atoms with Gasteiger partial charge in [0, 0.05) is 52.6 Å². The molecule has 3 aliphatic heterocycles. The van der Waals surface area contributed by atoms with E-state index in [4.69, 9.17) is 0 Å². The van der Waals surface area contributed by atoms with E-state index < -0.39 is 0 Å². The Kier molecular flexibility index (Phi) is 2.83. The minimum Gasteiger partial charge on any atom is -0.392 e. The summed E-state index contributed by atoms with van der Waals surface area (Å²) in [4.78, 5) is 29.1. The number of hydrogen-bond donors (Lipinski definition) is 1. The predicted molar refractivity (Wildman–Crippen MR) is 68.4 cm³/mol. The quantitative estimate of drug-likeness (QED) is 0.604. The van der Waals surface area contributed by atoms with E-state index in [1.165, 1.54) is 0 Å². The molecule has 6 nitrogen and oxygen atoms in total. The van der Waals surface area contributed by atoms with Crippen molar-refractivity contribution in [3.8, 4) is 0 Å². The summed E-state index contributed by atoms with van der Waals surface area (Å²) < 4.78 is 0. The van der Waals surface area contributed by atoms with Crippen molar-refractivity contribution in [3.05, 3.63) is 0 Å². The number of piperazine rings is 1. The molecule has 1 N–H and O–H groups in total. The first kappa shape index (κ1) is 12.9. The van der Waals surface area contributed by atoms with E-state index in [0.717, 1.165) is 6.42 Å². The molecule has 3 saturated heterocycles. The first-order chi connectivity index (χ1) is 8.91. The molecule has 1 spiro atoms. The molecular formula is C13H21N3O3. The number of hydrogen-bond acceptors (Lipinski definition) is 4. The van der Waals surface area contributed by atoms with Crippen molar-refractivity contribution < 1.29 is 14.7 Å². The van der Waals surface area contributed by atoms with E-state index in [0.29, 0.717) is 32.7 Å². The Morgan fingerprint density at radius 3 is 2.21 bits per heavy atom. The van der Waals surface area contributed by atoms with Crippen LogP contribution in [0.2, 0.25) is 0 Å². The highest BCUT2D eigenvalue weighted by Crippen LogP contribution is 2.38. The Morgan fingerprint density at radius 2 is 1.63 bits per heavy atom. The lowest BCUT2D eigenvalue weighted by Gasteiger charge is -2.60. The van der Waals surface area contributed by atoms with Crippen LogP contribution in [0.15, 0.2) is 0 Å². The molecule has 0 aromatic rings. The Morgan fingerprint density at radius 1 is 1.05 bits per heavy atom. The van der Waals surface area contributed by atoms with Crippen LogP contribution < -0.4 is 0 Å². The van der Waals surface area contributed by atoms with Gasteiger partial charge >= 0.3 is 0 Å². The number of carbonyl (C=O) groups is 2. The third kappa shape index (κ3) is 1.94. The average molecular weight is 267 g/mol. The van der Waals surface area contributed by atoms with Crippen LogP contribution in [0.25, 0.3) is 0 Å². The summed E-state index contributed by atoms with van der Waals surface area (Å²) >= 11 is 0. The number of rotatable bonds is 0. The second-order valence-electron chi connectivity index (χ2n) is 6.19. The van der Waals surface area contributed by atoms with Gasteiger partial charge in [-0.2, -0.15) is 0 Å². The van der Waals surface area contributed by atoms with Crippen LogP contribution in [-0.4, -0.2) is 82.0 Å². The second kappa shape index (κ2) is 4.18. The maximum atomic E-state index is 11.7. The van der Waals surface area contributed by atoms with Gasteiger partial charge in [0.15, 0.2) is 0 Å². The maximum absolute atomic E-state index is 11.7. The van der Waals surface area contributed by atoms with Crippen LogP contribution in [0.3, 0.4) is 0 Å². The van der Waals surface area contributed by atoms with E-state index in [1.807, 2.05) is 9.80 Å². The third-order valence-electron chi connectivity index (χ3n) is 4.78. The van der Waals surface area contributed by atoms with Crippen LogP contribution in [0, 0.1) is 0 Å². The smallest absolute Gasteiger partial charge is 0.219 e.